The van der Waals surface area contributed by atoms with Gasteiger partial charge in [-0.1, -0.05) is 23.0 Å². The molecule has 0 aliphatic rings. The van der Waals surface area contributed by atoms with Crippen LogP contribution in [0, 0.1) is 0 Å². The summed E-state index contributed by atoms with van der Waals surface area (Å²) in [6.07, 6.45) is -4.38. The highest BCUT2D eigenvalue weighted by atomic mass is 32.2. The van der Waals surface area contributed by atoms with E-state index in [1.54, 1.807) is 18.2 Å². The summed E-state index contributed by atoms with van der Waals surface area (Å²) >= 11 is 0. The number of aliphatic hydroxyl groups excluding tert-OH is 1. The molecule has 3 aromatic rings. The minimum atomic E-state index is -4.83. The molecule has 0 radical (unpaired) electrons. The highest BCUT2D eigenvalue weighted by Crippen LogP contribution is 2.28. The van der Waals surface area contributed by atoms with Gasteiger partial charge in [-0.3, -0.25) is 10.9 Å². The molecule has 0 unspecified atom stereocenters. The number of aromatic nitrogens is 2. The van der Waals surface area contributed by atoms with E-state index >= 15 is 0 Å². The maximum Gasteiger partial charge on any atom is 0.573 e. The third-order valence-corrected chi connectivity index (χ3v) is 4.46. The van der Waals surface area contributed by atoms with E-state index in [2.05, 4.69) is 35.2 Å². The van der Waals surface area contributed by atoms with Crippen LogP contribution in [0.2, 0.25) is 0 Å². The highest BCUT2D eigenvalue weighted by Gasteiger charge is 2.31. The number of benzene rings is 2. The van der Waals surface area contributed by atoms with Crippen molar-refractivity contribution in [1.82, 2.24) is 9.97 Å². The van der Waals surface area contributed by atoms with Crippen molar-refractivity contribution >= 4 is 34.0 Å². The summed E-state index contributed by atoms with van der Waals surface area (Å²) in [6.45, 7) is 0.337. The predicted octanol–water partition coefficient (Wildman–Crippen LogP) is 4.53. The van der Waals surface area contributed by atoms with Gasteiger partial charge >= 0.3 is 6.36 Å². The number of rotatable bonds is 10. The smallest absolute Gasteiger partial charge is 0.454 e. The molecule has 1 aromatic heterocycles. The molecule has 10 nitrogen and oxygen atoms in total. The molecule has 0 fully saturated rings. The molecule has 0 atom stereocenters. The largest absolute Gasteiger partial charge is 0.573 e. The molecule has 5 N–H and O–H groups in total. The molecule has 0 saturated heterocycles. The fourth-order valence-corrected chi connectivity index (χ4v) is 3.00. The molecule has 0 saturated carbocycles. The molecule has 1 heterocycles. The highest BCUT2D eigenvalue weighted by molar-refractivity contribution is 7.68. The topological polar surface area (TPSA) is 141 Å². The van der Waals surface area contributed by atoms with Crippen molar-refractivity contribution in [1.29, 1.82) is 0 Å². The Kier molecular flexibility index (Phi) is 8.45. The van der Waals surface area contributed by atoms with Gasteiger partial charge in [0.1, 0.15) is 5.75 Å². The lowest BCUT2D eigenvalue weighted by Crippen LogP contribution is -2.17. The minimum Gasteiger partial charge on any atom is -0.454 e. The molecule has 0 amide bonds. The maximum atomic E-state index is 12.6. The summed E-state index contributed by atoms with van der Waals surface area (Å²) in [4.78, 5) is 8.64. The fraction of sp³-hybridized carbons (Fsp3) is 0.200. The minimum absolute atomic E-state index is 0.0394. The lowest BCUT2D eigenvalue weighted by atomic mass is 10.1. The number of hydrogen-bond donors (Lipinski definition) is 5. The van der Waals surface area contributed by atoms with Crippen LogP contribution >= 0.6 is 0 Å². The van der Waals surface area contributed by atoms with Crippen molar-refractivity contribution in [2.75, 3.05) is 29.3 Å². The van der Waals surface area contributed by atoms with Crippen molar-refractivity contribution < 1.29 is 31.8 Å². The van der Waals surface area contributed by atoms with Crippen molar-refractivity contribution in [2.45, 2.75) is 12.8 Å². The van der Waals surface area contributed by atoms with Crippen molar-refractivity contribution in [3.63, 3.8) is 0 Å². The Balaban J connectivity index is 1.83. The Morgan fingerprint density at radius 3 is 2.50 bits per heavy atom. The third kappa shape index (κ3) is 8.06. The standard InChI is InChI=1S/C20H20F3N6O4S/c21-20(22,23)33-16-4-1-3-13(11-16)17-12-18(26-19(25-17)24-9-2-10-30)28-27-14-5-7-15(8-6-14)29-34(31)32/h1,3-8,11-12,27,30H,2,9-10H2,(H,29,31,32)(H2,24,25,26,28)/q-1. The summed E-state index contributed by atoms with van der Waals surface area (Å²) in [5, 5.41) is 11.9. The number of halogens is 3. The second-order valence-electron chi connectivity index (χ2n) is 6.66. The van der Waals surface area contributed by atoms with Crippen LogP contribution in [0.3, 0.4) is 0 Å². The van der Waals surface area contributed by atoms with Gasteiger partial charge in [-0.15, -0.1) is 13.2 Å². The molecule has 0 aliphatic carbocycles. The second kappa shape index (κ2) is 11.5. The zero-order chi connectivity index (χ0) is 24.6. The zero-order valence-electron chi connectivity index (χ0n) is 17.4. The number of aliphatic hydroxyl groups is 1. The molecular weight excluding hydrogens is 477 g/mol. The number of ether oxygens (including phenoxy) is 1. The van der Waals surface area contributed by atoms with Gasteiger partial charge in [0.25, 0.3) is 0 Å². The Bertz CT molecular complexity index is 1190. The third-order valence-electron chi connectivity index (χ3n) is 4.09. The molecule has 0 aliphatic heterocycles. The van der Waals surface area contributed by atoms with E-state index in [0.717, 1.165) is 0 Å². The first-order chi connectivity index (χ1) is 16.2. The van der Waals surface area contributed by atoms with Gasteiger partial charge in [0.2, 0.25) is 5.95 Å². The van der Waals surface area contributed by atoms with E-state index in [0.29, 0.717) is 41.4 Å². The first kappa shape index (κ1) is 25.0. The molecular formula is C20H20F3N6O4S-. The molecule has 182 valence electrons. The monoisotopic (exact) mass is 497 g/mol. The lowest BCUT2D eigenvalue weighted by Gasteiger charge is -2.14. The summed E-state index contributed by atoms with van der Waals surface area (Å²) in [7, 11) is -2.31. The molecule has 14 heteroatoms. The number of hydrazine groups is 1. The van der Waals surface area contributed by atoms with Crippen LogP contribution in [0.25, 0.3) is 11.3 Å². The van der Waals surface area contributed by atoms with Gasteiger partial charge in [0, 0.05) is 30.5 Å². The van der Waals surface area contributed by atoms with Gasteiger partial charge in [0.05, 0.1) is 11.4 Å². The Morgan fingerprint density at radius 1 is 1.06 bits per heavy atom. The predicted molar refractivity (Wildman–Crippen MR) is 121 cm³/mol. The average Bonchev–Trinajstić information content (AvgIpc) is 2.77. The number of alkyl halides is 3. The lowest BCUT2D eigenvalue weighted by molar-refractivity contribution is -0.274. The molecule has 3 rings (SSSR count). The van der Waals surface area contributed by atoms with Gasteiger partial charge < -0.3 is 28.3 Å². The SMILES string of the molecule is O=[S-](O)=Nc1ccc(NNc2cc(-c3cccc(OC(F)(F)F)c3)nc(NCCCO)n2)cc1. The molecule has 2 aromatic carbocycles. The number of anilines is 3. The molecule has 34 heavy (non-hydrogen) atoms. The Morgan fingerprint density at radius 2 is 1.82 bits per heavy atom. The fourth-order valence-electron chi connectivity index (χ4n) is 2.70. The zero-order valence-corrected chi connectivity index (χ0v) is 18.2. The van der Waals surface area contributed by atoms with E-state index in [1.165, 1.54) is 36.4 Å². The van der Waals surface area contributed by atoms with E-state index in [-0.39, 0.29) is 18.3 Å². The molecule has 0 spiro atoms. The van der Waals surface area contributed by atoms with E-state index in [9.17, 15) is 17.4 Å². The summed E-state index contributed by atoms with van der Waals surface area (Å²) < 4.78 is 64.8. The molecule has 0 bridgehead atoms. The number of nitrogens with one attached hydrogen (secondary N) is 3. The van der Waals surface area contributed by atoms with Crippen molar-refractivity contribution in [3.8, 4) is 17.0 Å². The van der Waals surface area contributed by atoms with Crippen LogP contribution in [0.15, 0.2) is 59.0 Å². The Labute approximate surface area is 194 Å². The van der Waals surface area contributed by atoms with Gasteiger partial charge in [0.15, 0.2) is 5.82 Å². The summed E-state index contributed by atoms with van der Waals surface area (Å²) in [5.74, 6) is 0.0983. The van der Waals surface area contributed by atoms with E-state index < -0.39 is 17.2 Å². The van der Waals surface area contributed by atoms with Crippen molar-refractivity contribution in [2.24, 2.45) is 4.36 Å². The van der Waals surface area contributed by atoms with Crippen LogP contribution in [0.4, 0.5) is 36.3 Å². The number of nitrogens with zero attached hydrogens (tertiary/aromatic N) is 3. The van der Waals surface area contributed by atoms with Gasteiger partial charge in [-0.2, -0.15) is 4.98 Å². The summed E-state index contributed by atoms with van der Waals surface area (Å²) in [6, 6.07) is 13.2. The first-order valence-electron chi connectivity index (χ1n) is 9.76. The van der Waals surface area contributed by atoms with Crippen LogP contribution in [0.1, 0.15) is 6.42 Å². The quantitative estimate of drug-likeness (QED) is 0.118. The second-order valence-corrected chi connectivity index (χ2v) is 7.30. The Hall–Kier alpha value is -3.62. The van der Waals surface area contributed by atoms with Crippen LogP contribution in [0.5, 0.6) is 5.75 Å². The van der Waals surface area contributed by atoms with Gasteiger partial charge in [-0.05, 0) is 42.8 Å². The van der Waals surface area contributed by atoms with E-state index in [1.807, 2.05) is 0 Å². The van der Waals surface area contributed by atoms with Crippen LogP contribution in [-0.4, -0.2) is 39.1 Å². The average molecular weight is 497 g/mol. The maximum absolute atomic E-state index is 12.6. The summed E-state index contributed by atoms with van der Waals surface area (Å²) in [5.41, 5.74) is 7.34. The van der Waals surface area contributed by atoms with Crippen molar-refractivity contribution in [3.05, 3.63) is 54.6 Å². The normalized spacial score (nSPS) is 12.3. The first-order valence-corrected chi connectivity index (χ1v) is 10.8. The van der Waals surface area contributed by atoms with Crippen LogP contribution in [-0.2, 0) is 15.1 Å². The number of hydrogen-bond acceptors (Lipinski definition) is 10. The van der Waals surface area contributed by atoms with Gasteiger partial charge in [-0.25, -0.2) is 4.98 Å². The van der Waals surface area contributed by atoms with Crippen LogP contribution < -0.4 is 20.9 Å². The van der Waals surface area contributed by atoms with E-state index in [4.69, 9.17) is 9.66 Å².